The average molecular weight is 470 g/mol. The van der Waals surface area contributed by atoms with Crippen molar-refractivity contribution in [1.29, 1.82) is 0 Å². The number of amides is 1. The van der Waals surface area contributed by atoms with Crippen LogP contribution in [0.2, 0.25) is 5.02 Å². The van der Waals surface area contributed by atoms with Gasteiger partial charge in [0.25, 0.3) is 5.91 Å². The van der Waals surface area contributed by atoms with E-state index in [1.165, 1.54) is 11.3 Å². The first kappa shape index (κ1) is 20.4. The number of aromatic nitrogens is 2. The van der Waals surface area contributed by atoms with E-state index >= 15 is 0 Å². The average Bonchev–Trinajstić information content (AvgIpc) is 3.46. The minimum Gasteiger partial charge on any atom is -0.496 e. The van der Waals surface area contributed by atoms with Crippen LogP contribution in [0.15, 0.2) is 47.8 Å². The van der Waals surface area contributed by atoms with Crippen molar-refractivity contribution < 1.29 is 9.53 Å². The summed E-state index contributed by atoms with van der Waals surface area (Å²) in [5.41, 5.74) is 2.36. The Morgan fingerprint density at radius 1 is 1.16 bits per heavy atom. The number of methoxy groups -OCH3 is 1. The van der Waals surface area contributed by atoms with E-state index in [2.05, 4.69) is 4.98 Å². The maximum atomic E-state index is 13.0. The molecule has 31 heavy (non-hydrogen) atoms. The van der Waals surface area contributed by atoms with Gasteiger partial charge in [-0.3, -0.25) is 4.79 Å². The molecule has 5 rings (SSSR count). The molecule has 0 N–H and O–H groups in total. The number of ether oxygens (including phenoxy) is 1. The van der Waals surface area contributed by atoms with Gasteiger partial charge in [0.2, 0.25) is 0 Å². The molecule has 1 fully saturated rings. The summed E-state index contributed by atoms with van der Waals surface area (Å²) >= 11 is 9.29. The highest BCUT2D eigenvalue weighted by molar-refractivity contribution is 7.18. The molecule has 0 saturated carbocycles. The van der Waals surface area contributed by atoms with Crippen molar-refractivity contribution >= 4 is 50.4 Å². The number of likely N-dealkylation sites (tertiary alicyclic amines) is 1. The van der Waals surface area contributed by atoms with Gasteiger partial charge in [-0.05, 0) is 43.2 Å². The number of rotatable bonds is 4. The molecule has 0 atom stereocenters. The van der Waals surface area contributed by atoms with Gasteiger partial charge in [0.1, 0.15) is 16.5 Å². The van der Waals surface area contributed by atoms with Gasteiger partial charge in [0, 0.05) is 29.4 Å². The van der Waals surface area contributed by atoms with Crippen LogP contribution in [0.25, 0.3) is 20.8 Å². The highest BCUT2D eigenvalue weighted by Crippen LogP contribution is 2.36. The molecule has 0 aliphatic carbocycles. The molecule has 0 radical (unpaired) electrons. The van der Waals surface area contributed by atoms with Crippen LogP contribution in [0.1, 0.15) is 34.3 Å². The standard InChI is InChI=1S/C23H20ClN3O2S2/c1-29-19-5-3-2-4-16(19)22-26-18(13-30-22)23(28)27-10-8-14(9-11-27)21-25-17-12-15(24)6-7-20(17)31-21/h2-7,12-14H,8-11H2,1H3. The largest absolute Gasteiger partial charge is 0.496 e. The summed E-state index contributed by atoms with van der Waals surface area (Å²) in [7, 11) is 1.64. The number of nitrogens with zero attached hydrogens (tertiary/aromatic N) is 3. The summed E-state index contributed by atoms with van der Waals surface area (Å²) in [5.74, 6) is 1.13. The van der Waals surface area contributed by atoms with E-state index in [1.54, 1.807) is 18.4 Å². The molecule has 3 heterocycles. The lowest BCUT2D eigenvalue weighted by Crippen LogP contribution is -2.38. The van der Waals surface area contributed by atoms with E-state index in [1.807, 2.05) is 52.7 Å². The fraction of sp³-hybridized carbons (Fsp3) is 0.261. The molecule has 4 aromatic rings. The molecule has 5 nitrogen and oxygen atoms in total. The molecule has 1 aliphatic rings. The Hall–Kier alpha value is -2.48. The molecule has 158 valence electrons. The van der Waals surface area contributed by atoms with Gasteiger partial charge in [-0.25, -0.2) is 9.97 Å². The maximum absolute atomic E-state index is 13.0. The lowest BCUT2D eigenvalue weighted by atomic mass is 9.97. The van der Waals surface area contributed by atoms with Crippen LogP contribution in [-0.2, 0) is 0 Å². The summed E-state index contributed by atoms with van der Waals surface area (Å²) in [5, 5.41) is 4.48. The van der Waals surface area contributed by atoms with Crippen molar-refractivity contribution in [2.24, 2.45) is 0 Å². The third kappa shape index (κ3) is 4.05. The Balaban J connectivity index is 1.27. The topological polar surface area (TPSA) is 55.3 Å². The van der Waals surface area contributed by atoms with Crippen molar-refractivity contribution in [3.05, 3.63) is 63.6 Å². The van der Waals surface area contributed by atoms with Gasteiger partial charge in [-0.1, -0.05) is 23.7 Å². The van der Waals surface area contributed by atoms with Crippen LogP contribution in [0.5, 0.6) is 5.75 Å². The third-order valence-corrected chi connectivity index (χ3v) is 7.87. The number of para-hydroxylation sites is 1. The van der Waals surface area contributed by atoms with E-state index in [9.17, 15) is 4.79 Å². The molecule has 1 aliphatic heterocycles. The maximum Gasteiger partial charge on any atom is 0.273 e. The quantitative estimate of drug-likeness (QED) is 0.362. The molecule has 2 aromatic carbocycles. The highest BCUT2D eigenvalue weighted by Gasteiger charge is 2.28. The van der Waals surface area contributed by atoms with Crippen molar-refractivity contribution in [2.45, 2.75) is 18.8 Å². The van der Waals surface area contributed by atoms with E-state index in [-0.39, 0.29) is 5.91 Å². The van der Waals surface area contributed by atoms with E-state index in [4.69, 9.17) is 21.3 Å². The predicted molar refractivity (Wildman–Crippen MR) is 127 cm³/mol. The Labute approximate surface area is 193 Å². The fourth-order valence-corrected chi connectivity index (χ4v) is 6.01. The molecule has 8 heteroatoms. The monoisotopic (exact) mass is 469 g/mol. The van der Waals surface area contributed by atoms with E-state index < -0.39 is 0 Å². The Bertz CT molecular complexity index is 1240. The third-order valence-electron chi connectivity index (χ3n) is 5.56. The summed E-state index contributed by atoms with van der Waals surface area (Å²) in [6.07, 6.45) is 1.81. The number of piperidine rings is 1. The second kappa shape index (κ2) is 8.57. The molecule has 0 spiro atoms. The minimum absolute atomic E-state index is 0.00747. The molecule has 1 amide bonds. The highest BCUT2D eigenvalue weighted by atomic mass is 35.5. The molecule has 0 unspecified atom stereocenters. The Kier molecular flexibility index (Phi) is 5.65. The first-order chi connectivity index (χ1) is 15.1. The van der Waals surface area contributed by atoms with Crippen LogP contribution in [0.4, 0.5) is 0 Å². The van der Waals surface area contributed by atoms with Crippen molar-refractivity contribution in [1.82, 2.24) is 14.9 Å². The SMILES string of the molecule is COc1ccccc1-c1nc(C(=O)N2CCC(c3nc4cc(Cl)ccc4s3)CC2)cs1. The van der Waals surface area contributed by atoms with E-state index in [0.29, 0.717) is 29.7 Å². The van der Waals surface area contributed by atoms with Crippen LogP contribution >= 0.6 is 34.3 Å². The zero-order valence-corrected chi connectivity index (χ0v) is 19.3. The van der Waals surface area contributed by atoms with Crippen LogP contribution in [0, 0.1) is 0 Å². The number of benzene rings is 2. The smallest absolute Gasteiger partial charge is 0.273 e. The number of carbonyl (C=O) groups is 1. The first-order valence-corrected chi connectivity index (χ1v) is 12.1. The first-order valence-electron chi connectivity index (χ1n) is 10.1. The Morgan fingerprint density at radius 2 is 1.97 bits per heavy atom. The molecular weight excluding hydrogens is 450 g/mol. The van der Waals surface area contributed by atoms with Crippen molar-refractivity contribution in [3.63, 3.8) is 0 Å². The summed E-state index contributed by atoms with van der Waals surface area (Å²) < 4.78 is 6.58. The van der Waals surface area contributed by atoms with Gasteiger partial charge >= 0.3 is 0 Å². The van der Waals surface area contributed by atoms with Crippen LogP contribution < -0.4 is 4.74 Å². The minimum atomic E-state index is -0.00747. The van der Waals surface area contributed by atoms with Crippen molar-refractivity contribution in [3.8, 4) is 16.3 Å². The van der Waals surface area contributed by atoms with Gasteiger partial charge in [0.15, 0.2) is 0 Å². The number of hydrogen-bond acceptors (Lipinski definition) is 6. The van der Waals surface area contributed by atoms with Gasteiger partial charge in [0.05, 0.1) is 27.9 Å². The predicted octanol–water partition coefficient (Wildman–Crippen LogP) is 6.10. The zero-order valence-electron chi connectivity index (χ0n) is 16.9. The number of hydrogen-bond donors (Lipinski definition) is 0. The summed E-state index contributed by atoms with van der Waals surface area (Å²) in [6.45, 7) is 1.42. The van der Waals surface area contributed by atoms with Gasteiger partial charge < -0.3 is 9.64 Å². The lowest BCUT2D eigenvalue weighted by molar-refractivity contribution is 0.0708. The normalized spacial score (nSPS) is 14.8. The summed E-state index contributed by atoms with van der Waals surface area (Å²) in [6, 6.07) is 13.6. The van der Waals surface area contributed by atoms with Crippen molar-refractivity contribution in [2.75, 3.05) is 20.2 Å². The Morgan fingerprint density at radius 3 is 2.77 bits per heavy atom. The molecule has 2 aromatic heterocycles. The van der Waals surface area contributed by atoms with Gasteiger partial charge in [-0.2, -0.15) is 0 Å². The van der Waals surface area contributed by atoms with Gasteiger partial charge in [-0.15, -0.1) is 22.7 Å². The second-order valence-electron chi connectivity index (χ2n) is 7.47. The zero-order chi connectivity index (χ0) is 21.4. The second-order valence-corrected chi connectivity index (χ2v) is 9.83. The van der Waals surface area contributed by atoms with E-state index in [0.717, 1.165) is 44.4 Å². The summed E-state index contributed by atoms with van der Waals surface area (Å²) in [4.78, 5) is 24.3. The number of carbonyl (C=O) groups excluding carboxylic acids is 1. The number of halogens is 1. The molecule has 1 saturated heterocycles. The fourth-order valence-electron chi connectivity index (χ4n) is 3.90. The number of fused-ring (bicyclic) bond motifs is 1. The lowest BCUT2D eigenvalue weighted by Gasteiger charge is -2.30. The number of thiazole rings is 2. The molecular formula is C23H20ClN3O2S2. The van der Waals surface area contributed by atoms with Crippen LogP contribution in [0.3, 0.4) is 0 Å². The van der Waals surface area contributed by atoms with Crippen LogP contribution in [-0.4, -0.2) is 41.0 Å². The molecule has 0 bridgehead atoms.